The zero-order valence-corrected chi connectivity index (χ0v) is 18.8. The Morgan fingerprint density at radius 1 is 0.969 bits per heavy atom. The van der Waals surface area contributed by atoms with Gasteiger partial charge in [-0.15, -0.1) is 0 Å². The molecule has 0 saturated carbocycles. The molecule has 0 fully saturated rings. The summed E-state index contributed by atoms with van der Waals surface area (Å²) >= 11 is 0. The van der Waals surface area contributed by atoms with Crippen LogP contribution in [0.5, 0.6) is 0 Å². The summed E-state index contributed by atoms with van der Waals surface area (Å²) in [7, 11) is 0. The highest BCUT2D eigenvalue weighted by Gasteiger charge is 2.18. The number of aliphatic hydroxyl groups is 1. The Morgan fingerprint density at radius 3 is 2.38 bits per heavy atom. The number of hydrogen-bond acceptors (Lipinski definition) is 7. The zero-order valence-electron chi connectivity index (χ0n) is 18.8. The topological polar surface area (TPSA) is 101 Å². The molecule has 0 saturated heterocycles. The van der Waals surface area contributed by atoms with Crippen molar-refractivity contribution in [1.82, 2.24) is 24.5 Å². The lowest BCUT2D eigenvalue weighted by Gasteiger charge is -2.20. The van der Waals surface area contributed by atoms with Crippen LogP contribution in [0.2, 0.25) is 0 Å². The summed E-state index contributed by atoms with van der Waals surface area (Å²) in [6, 6.07) is 14.0. The Morgan fingerprint density at radius 2 is 1.75 bits per heavy atom. The summed E-state index contributed by atoms with van der Waals surface area (Å²) in [5, 5.41) is 16.4. The molecule has 3 N–H and O–H groups in total. The third-order valence-electron chi connectivity index (χ3n) is 5.40. The van der Waals surface area contributed by atoms with Crippen LogP contribution < -0.4 is 10.6 Å². The van der Waals surface area contributed by atoms with E-state index in [1.165, 1.54) is 0 Å². The number of hydrogen-bond donors (Lipinski definition) is 3. The maximum Gasteiger partial charge on any atom is 0.227 e. The molecule has 0 radical (unpaired) electrons. The van der Waals surface area contributed by atoms with E-state index in [1.54, 1.807) is 12.5 Å². The molecule has 4 aromatic rings. The minimum Gasteiger partial charge on any atom is -0.394 e. The van der Waals surface area contributed by atoms with E-state index in [-0.39, 0.29) is 24.6 Å². The maximum absolute atomic E-state index is 9.74. The molecule has 0 aliphatic heterocycles. The van der Waals surface area contributed by atoms with E-state index in [0.717, 1.165) is 22.6 Å². The van der Waals surface area contributed by atoms with Crippen LogP contribution in [0, 0.1) is 5.92 Å². The molecule has 1 atom stereocenters. The first-order valence-electron chi connectivity index (χ1n) is 10.9. The fourth-order valence-corrected chi connectivity index (χ4v) is 3.43. The molecule has 166 valence electrons. The lowest BCUT2D eigenvalue weighted by molar-refractivity contribution is 0.248. The number of nitrogens with zero attached hydrogens (tertiary/aromatic N) is 5. The number of fused-ring (bicyclic) bond motifs is 1. The zero-order chi connectivity index (χ0) is 22.7. The van der Waals surface area contributed by atoms with Gasteiger partial charge < -0.3 is 20.3 Å². The van der Waals surface area contributed by atoms with Crippen molar-refractivity contribution in [2.24, 2.45) is 5.92 Å². The van der Waals surface area contributed by atoms with Gasteiger partial charge in [0.1, 0.15) is 0 Å². The van der Waals surface area contributed by atoms with Gasteiger partial charge in [0.25, 0.3) is 0 Å². The molecule has 0 aliphatic carbocycles. The Kier molecular flexibility index (Phi) is 6.32. The molecule has 8 nitrogen and oxygen atoms in total. The smallest absolute Gasteiger partial charge is 0.227 e. The van der Waals surface area contributed by atoms with Crippen molar-refractivity contribution in [3.8, 4) is 11.3 Å². The van der Waals surface area contributed by atoms with Crippen LogP contribution in [-0.2, 0) is 0 Å². The monoisotopic (exact) mass is 431 g/mol. The lowest BCUT2D eigenvalue weighted by Crippen LogP contribution is -2.30. The van der Waals surface area contributed by atoms with E-state index in [2.05, 4.69) is 39.4 Å². The molecule has 0 unspecified atom stereocenters. The van der Waals surface area contributed by atoms with Gasteiger partial charge in [0.15, 0.2) is 17.0 Å². The molecular formula is C24H29N7O. The third kappa shape index (κ3) is 4.55. The first-order chi connectivity index (χ1) is 15.5. The Hall–Kier alpha value is -3.52. The number of anilines is 3. The summed E-state index contributed by atoms with van der Waals surface area (Å²) in [4.78, 5) is 18.4. The molecule has 32 heavy (non-hydrogen) atoms. The van der Waals surface area contributed by atoms with Crippen LogP contribution in [-0.4, -0.2) is 42.3 Å². The van der Waals surface area contributed by atoms with Gasteiger partial charge in [-0.1, -0.05) is 32.0 Å². The van der Waals surface area contributed by atoms with E-state index in [9.17, 15) is 5.11 Å². The number of rotatable bonds is 8. The molecule has 0 bridgehead atoms. The fourth-order valence-electron chi connectivity index (χ4n) is 3.43. The summed E-state index contributed by atoms with van der Waals surface area (Å²) in [5.74, 6) is 1.30. The largest absolute Gasteiger partial charge is 0.394 e. The first kappa shape index (κ1) is 21.7. The maximum atomic E-state index is 9.74. The van der Waals surface area contributed by atoms with Gasteiger partial charge in [0.2, 0.25) is 5.95 Å². The van der Waals surface area contributed by atoms with Crippen molar-refractivity contribution < 1.29 is 5.11 Å². The van der Waals surface area contributed by atoms with Gasteiger partial charge in [0, 0.05) is 23.5 Å². The van der Waals surface area contributed by atoms with E-state index in [0.29, 0.717) is 17.3 Å². The van der Waals surface area contributed by atoms with Crippen LogP contribution in [0.15, 0.2) is 55.0 Å². The third-order valence-corrected chi connectivity index (χ3v) is 5.40. The average molecular weight is 432 g/mol. The van der Waals surface area contributed by atoms with Crippen LogP contribution >= 0.6 is 0 Å². The second-order valence-corrected chi connectivity index (χ2v) is 8.41. The molecule has 8 heteroatoms. The van der Waals surface area contributed by atoms with Crippen LogP contribution in [0.4, 0.5) is 17.5 Å². The lowest BCUT2D eigenvalue weighted by atomic mass is 10.1. The quantitative estimate of drug-likeness (QED) is 0.373. The van der Waals surface area contributed by atoms with E-state index in [4.69, 9.17) is 4.98 Å². The molecule has 1 aromatic carbocycles. The fraction of sp³-hybridized carbons (Fsp3) is 0.333. The number of aromatic nitrogens is 5. The molecule has 0 amide bonds. The summed E-state index contributed by atoms with van der Waals surface area (Å²) in [6.07, 6.45) is 3.57. The second-order valence-electron chi connectivity index (χ2n) is 8.41. The van der Waals surface area contributed by atoms with Gasteiger partial charge in [-0.2, -0.15) is 9.97 Å². The number of imidazole rings is 1. The van der Waals surface area contributed by atoms with Crippen LogP contribution in [0.1, 0.15) is 33.7 Å². The molecule has 4 rings (SSSR count). The van der Waals surface area contributed by atoms with E-state index < -0.39 is 0 Å². The normalized spacial score (nSPS) is 12.5. The van der Waals surface area contributed by atoms with Crippen molar-refractivity contribution in [1.29, 1.82) is 0 Å². The van der Waals surface area contributed by atoms with Crippen molar-refractivity contribution >= 4 is 28.6 Å². The minimum absolute atomic E-state index is 0.000250. The molecule has 0 aliphatic rings. The molecular weight excluding hydrogens is 402 g/mol. The molecule has 3 aromatic heterocycles. The van der Waals surface area contributed by atoms with Crippen molar-refractivity contribution in [2.75, 3.05) is 17.2 Å². The number of pyridine rings is 1. The summed E-state index contributed by atoms with van der Waals surface area (Å²) < 4.78 is 2.01. The van der Waals surface area contributed by atoms with Gasteiger partial charge in [0.05, 0.1) is 24.7 Å². The minimum atomic E-state index is -0.145. The highest BCUT2D eigenvalue weighted by Crippen LogP contribution is 2.27. The number of benzene rings is 1. The SMILES string of the molecule is CC(C)[C@H](CO)Nc1nc(Nc2ccc(-c3ccccn3)cc2)c2ncn(C(C)C)c2n1. The van der Waals surface area contributed by atoms with E-state index in [1.807, 2.05) is 60.9 Å². The second kappa shape index (κ2) is 9.32. The van der Waals surface area contributed by atoms with E-state index >= 15 is 0 Å². The van der Waals surface area contributed by atoms with Crippen LogP contribution in [0.25, 0.3) is 22.4 Å². The van der Waals surface area contributed by atoms with Crippen molar-refractivity contribution in [3.05, 3.63) is 55.0 Å². The molecule has 3 heterocycles. The average Bonchev–Trinajstić information content (AvgIpc) is 3.23. The van der Waals surface area contributed by atoms with Gasteiger partial charge in [-0.25, -0.2) is 4.98 Å². The Labute approximate surface area is 187 Å². The van der Waals surface area contributed by atoms with Gasteiger partial charge >= 0.3 is 0 Å². The number of nitrogens with one attached hydrogen (secondary N) is 2. The molecule has 0 spiro atoms. The summed E-state index contributed by atoms with van der Waals surface area (Å²) in [5.41, 5.74) is 4.29. The standard InChI is InChI=1S/C24H29N7O/c1-15(2)20(13-32)28-24-29-22(21-23(30-24)31(14-26-21)16(3)4)27-18-10-8-17(9-11-18)19-7-5-6-12-25-19/h5-12,14-16,20,32H,13H2,1-4H3,(H2,27,28,29,30)/t20-/m0/s1. The first-order valence-corrected chi connectivity index (χ1v) is 10.9. The van der Waals surface area contributed by atoms with Gasteiger partial charge in [-0.05, 0) is 44.0 Å². The highest BCUT2D eigenvalue weighted by molar-refractivity contribution is 5.86. The highest BCUT2D eigenvalue weighted by atomic mass is 16.3. The Balaban J connectivity index is 1.69. The predicted octanol–water partition coefficient (Wildman–Crippen LogP) is 4.64. The van der Waals surface area contributed by atoms with Crippen molar-refractivity contribution in [2.45, 2.75) is 39.8 Å². The summed E-state index contributed by atoms with van der Waals surface area (Å²) in [6.45, 7) is 8.27. The predicted molar refractivity (Wildman–Crippen MR) is 128 cm³/mol. The van der Waals surface area contributed by atoms with Gasteiger partial charge in [-0.3, -0.25) is 4.98 Å². The van der Waals surface area contributed by atoms with Crippen molar-refractivity contribution in [3.63, 3.8) is 0 Å². The Bertz CT molecular complexity index is 1170. The number of aliphatic hydroxyl groups excluding tert-OH is 1. The van der Waals surface area contributed by atoms with Crippen LogP contribution in [0.3, 0.4) is 0 Å².